The Kier molecular flexibility index (Phi) is 7.23. The fourth-order valence-corrected chi connectivity index (χ4v) is 5.38. The Morgan fingerprint density at radius 2 is 1.78 bits per heavy atom. The fraction of sp³-hybridized carbons (Fsp3) is 0.321. The molecule has 9 heteroatoms. The van der Waals surface area contributed by atoms with Gasteiger partial charge in [0.05, 0.1) is 44.6 Å². The molecule has 1 aliphatic carbocycles. The standard InChI is InChI=1S/C28H29N3O5S/c1-4-36-27(33)24-25(17-8-6-5-7-9-17)30-28-31(20(16-37-28)14-23(32)29-19-10-11-19)26(24)18-12-21(34-2)15-22(13-18)35-3/h5-9,12-13,15-16,19,26H,4,10-11,14H2,1-3H3,(H,29,32). The highest BCUT2D eigenvalue weighted by Crippen LogP contribution is 2.48. The summed E-state index contributed by atoms with van der Waals surface area (Å²) in [5.74, 6) is 0.668. The summed E-state index contributed by atoms with van der Waals surface area (Å²) in [7, 11) is 3.17. The number of nitrogens with one attached hydrogen (secondary N) is 1. The summed E-state index contributed by atoms with van der Waals surface area (Å²) in [6.07, 6.45) is 2.20. The molecule has 0 bridgehead atoms. The van der Waals surface area contributed by atoms with Crippen LogP contribution in [-0.4, -0.2) is 48.8 Å². The first-order valence-electron chi connectivity index (χ1n) is 12.2. The molecule has 3 aliphatic rings. The van der Waals surface area contributed by atoms with Crippen LogP contribution in [0.1, 0.15) is 43.4 Å². The third kappa shape index (κ3) is 5.22. The zero-order valence-electron chi connectivity index (χ0n) is 21.0. The zero-order valence-corrected chi connectivity index (χ0v) is 21.8. The number of nitrogens with zero attached hydrogens (tertiary/aromatic N) is 2. The van der Waals surface area contributed by atoms with Crippen molar-refractivity contribution >= 4 is 34.5 Å². The first-order chi connectivity index (χ1) is 18.0. The van der Waals surface area contributed by atoms with Crippen LogP contribution in [0, 0.1) is 0 Å². The second-order valence-electron chi connectivity index (χ2n) is 8.91. The van der Waals surface area contributed by atoms with E-state index in [0.717, 1.165) is 29.7 Å². The Bertz CT molecular complexity index is 1280. The number of thioether (sulfide) groups is 1. The quantitative estimate of drug-likeness (QED) is 0.483. The monoisotopic (exact) mass is 519 g/mol. The number of benzene rings is 2. The molecule has 1 fully saturated rings. The van der Waals surface area contributed by atoms with E-state index in [1.807, 2.05) is 52.8 Å². The lowest BCUT2D eigenvalue weighted by molar-refractivity contribution is -0.139. The van der Waals surface area contributed by atoms with Gasteiger partial charge in [-0.1, -0.05) is 42.1 Å². The lowest BCUT2D eigenvalue weighted by atomic mass is 9.91. The molecule has 1 atom stereocenters. The molecule has 192 valence electrons. The number of hydrogen-bond donors (Lipinski definition) is 1. The van der Waals surface area contributed by atoms with Crippen molar-refractivity contribution in [1.29, 1.82) is 0 Å². The molecular weight excluding hydrogens is 490 g/mol. The Balaban J connectivity index is 1.67. The van der Waals surface area contributed by atoms with Gasteiger partial charge in [-0.05, 0) is 42.9 Å². The van der Waals surface area contributed by atoms with Crippen molar-refractivity contribution in [3.8, 4) is 11.5 Å². The highest BCUT2D eigenvalue weighted by atomic mass is 32.2. The summed E-state index contributed by atoms with van der Waals surface area (Å²) < 4.78 is 16.7. The topological polar surface area (TPSA) is 89.5 Å². The maximum Gasteiger partial charge on any atom is 0.338 e. The van der Waals surface area contributed by atoms with Crippen molar-refractivity contribution in [3.05, 3.63) is 76.3 Å². The normalized spacial score (nSPS) is 18.6. The number of aliphatic imine (C=N–C) groups is 1. The molecule has 1 saturated carbocycles. The summed E-state index contributed by atoms with van der Waals surface area (Å²) in [4.78, 5) is 33.3. The minimum Gasteiger partial charge on any atom is -0.497 e. The van der Waals surface area contributed by atoms with E-state index >= 15 is 0 Å². The average Bonchev–Trinajstić information content (AvgIpc) is 3.65. The molecule has 37 heavy (non-hydrogen) atoms. The first kappa shape index (κ1) is 25.0. The summed E-state index contributed by atoms with van der Waals surface area (Å²) in [6, 6.07) is 14.8. The van der Waals surface area contributed by atoms with Gasteiger partial charge in [-0.25, -0.2) is 9.79 Å². The maximum absolute atomic E-state index is 13.6. The number of amidine groups is 1. The van der Waals surface area contributed by atoms with Gasteiger partial charge in [0.15, 0.2) is 5.17 Å². The van der Waals surface area contributed by atoms with E-state index in [0.29, 0.717) is 27.9 Å². The van der Waals surface area contributed by atoms with Gasteiger partial charge in [-0.3, -0.25) is 4.79 Å². The third-order valence-corrected chi connectivity index (χ3v) is 7.22. The highest BCUT2D eigenvalue weighted by Gasteiger charge is 2.43. The molecule has 8 nitrogen and oxygen atoms in total. The molecule has 0 radical (unpaired) electrons. The smallest absolute Gasteiger partial charge is 0.338 e. The van der Waals surface area contributed by atoms with E-state index in [4.69, 9.17) is 19.2 Å². The Labute approximate surface area is 220 Å². The summed E-state index contributed by atoms with van der Waals surface area (Å²) in [6.45, 7) is 2.00. The highest BCUT2D eigenvalue weighted by molar-refractivity contribution is 8.16. The van der Waals surface area contributed by atoms with Gasteiger partial charge in [0.1, 0.15) is 11.5 Å². The van der Waals surface area contributed by atoms with Gasteiger partial charge in [0, 0.05) is 23.4 Å². The van der Waals surface area contributed by atoms with Gasteiger partial charge in [-0.15, -0.1) is 0 Å². The minimum absolute atomic E-state index is 0.0481. The molecule has 2 aromatic carbocycles. The number of ether oxygens (including phenoxy) is 3. The van der Waals surface area contributed by atoms with Gasteiger partial charge in [0.2, 0.25) is 5.91 Å². The first-order valence-corrected chi connectivity index (χ1v) is 13.1. The summed E-state index contributed by atoms with van der Waals surface area (Å²) in [5.41, 5.74) is 3.27. The maximum atomic E-state index is 13.6. The van der Waals surface area contributed by atoms with Gasteiger partial charge in [-0.2, -0.15) is 0 Å². The molecule has 0 aromatic heterocycles. The largest absolute Gasteiger partial charge is 0.497 e. The molecule has 0 spiro atoms. The molecule has 2 aromatic rings. The van der Waals surface area contributed by atoms with Crippen LogP contribution in [-0.2, 0) is 14.3 Å². The van der Waals surface area contributed by atoms with E-state index in [9.17, 15) is 9.59 Å². The lowest BCUT2D eigenvalue weighted by Gasteiger charge is -2.37. The predicted octanol–water partition coefficient (Wildman–Crippen LogP) is 4.65. The second kappa shape index (κ2) is 10.7. The number of methoxy groups -OCH3 is 2. The van der Waals surface area contributed by atoms with Crippen molar-refractivity contribution in [2.75, 3.05) is 20.8 Å². The molecule has 1 unspecified atom stereocenters. The molecule has 2 aliphatic heterocycles. The van der Waals surface area contributed by atoms with Crippen LogP contribution >= 0.6 is 11.8 Å². The SMILES string of the molecule is CCOC(=O)C1=C(c2ccccc2)N=C2SC=C(CC(=O)NC3CC3)N2C1c1cc(OC)cc(OC)c1. The molecule has 5 rings (SSSR count). The average molecular weight is 520 g/mol. The number of esters is 1. The van der Waals surface area contributed by atoms with E-state index in [-0.39, 0.29) is 25.0 Å². The van der Waals surface area contributed by atoms with Crippen LogP contribution < -0.4 is 14.8 Å². The molecule has 1 N–H and O–H groups in total. The van der Waals surface area contributed by atoms with Crippen molar-refractivity contribution in [2.45, 2.75) is 38.3 Å². The second-order valence-corrected chi connectivity index (χ2v) is 9.74. The fourth-order valence-electron chi connectivity index (χ4n) is 4.46. The van der Waals surface area contributed by atoms with E-state index in [2.05, 4.69) is 5.32 Å². The summed E-state index contributed by atoms with van der Waals surface area (Å²) in [5, 5.41) is 5.68. The van der Waals surface area contributed by atoms with E-state index in [1.165, 1.54) is 11.8 Å². The Morgan fingerprint density at radius 1 is 1.08 bits per heavy atom. The Hall–Kier alpha value is -3.72. The van der Waals surface area contributed by atoms with Crippen molar-refractivity contribution < 1.29 is 23.8 Å². The Morgan fingerprint density at radius 3 is 2.41 bits per heavy atom. The van der Waals surface area contributed by atoms with Crippen LogP contribution in [0.2, 0.25) is 0 Å². The number of rotatable bonds is 9. The number of fused-ring (bicyclic) bond motifs is 1. The minimum atomic E-state index is -0.610. The van der Waals surface area contributed by atoms with Crippen LogP contribution in [0.5, 0.6) is 11.5 Å². The number of hydrogen-bond acceptors (Lipinski definition) is 8. The van der Waals surface area contributed by atoms with Gasteiger partial charge in [0.25, 0.3) is 0 Å². The van der Waals surface area contributed by atoms with Crippen molar-refractivity contribution in [2.24, 2.45) is 4.99 Å². The zero-order chi connectivity index (χ0) is 25.9. The van der Waals surface area contributed by atoms with Crippen LogP contribution in [0.15, 0.2) is 70.2 Å². The predicted molar refractivity (Wildman–Crippen MR) is 143 cm³/mol. The molecular formula is C28H29N3O5S. The molecule has 1 amide bonds. The van der Waals surface area contributed by atoms with Gasteiger partial charge >= 0.3 is 5.97 Å². The summed E-state index contributed by atoms with van der Waals surface area (Å²) >= 11 is 1.44. The molecule has 0 saturated heterocycles. The molecule has 2 heterocycles. The van der Waals surface area contributed by atoms with Crippen LogP contribution in [0.25, 0.3) is 5.70 Å². The number of carbonyl (C=O) groups excluding carboxylic acids is 2. The van der Waals surface area contributed by atoms with Crippen molar-refractivity contribution in [3.63, 3.8) is 0 Å². The van der Waals surface area contributed by atoms with Gasteiger partial charge < -0.3 is 24.4 Å². The van der Waals surface area contributed by atoms with E-state index < -0.39 is 12.0 Å². The third-order valence-electron chi connectivity index (χ3n) is 6.33. The lowest BCUT2D eigenvalue weighted by Crippen LogP contribution is -2.38. The van der Waals surface area contributed by atoms with Crippen LogP contribution in [0.3, 0.4) is 0 Å². The van der Waals surface area contributed by atoms with Crippen LogP contribution in [0.4, 0.5) is 0 Å². The number of amides is 1. The van der Waals surface area contributed by atoms with Crippen molar-refractivity contribution in [1.82, 2.24) is 10.2 Å². The van der Waals surface area contributed by atoms with E-state index in [1.54, 1.807) is 27.2 Å². The number of carbonyl (C=O) groups is 2.